The minimum absolute atomic E-state index is 0.0107. The number of aromatic nitrogens is 2. The molecule has 2 fully saturated rings. The van der Waals surface area contributed by atoms with Crippen molar-refractivity contribution < 1.29 is 4.79 Å². The summed E-state index contributed by atoms with van der Waals surface area (Å²) >= 11 is 1.52. The fraction of sp³-hybridized carbons (Fsp3) is 0.526. The number of nitrogens with one attached hydrogen (secondary N) is 1. The topological polar surface area (TPSA) is 58.1 Å². The van der Waals surface area contributed by atoms with E-state index in [4.69, 9.17) is 0 Å². The molecule has 4 rings (SSSR count). The Morgan fingerprint density at radius 3 is 2.88 bits per heavy atom. The number of nitrogens with zero attached hydrogens (tertiary/aromatic N) is 3. The number of pyridine rings is 1. The maximum absolute atomic E-state index is 12.7. The molecule has 0 bridgehead atoms. The van der Waals surface area contributed by atoms with Gasteiger partial charge in [-0.1, -0.05) is 0 Å². The molecule has 2 aliphatic rings. The van der Waals surface area contributed by atoms with E-state index in [1.54, 1.807) is 6.20 Å². The van der Waals surface area contributed by atoms with Gasteiger partial charge in [-0.05, 0) is 69.3 Å². The smallest absolute Gasteiger partial charge is 0.263 e. The highest BCUT2D eigenvalue weighted by Crippen LogP contribution is 2.40. The van der Waals surface area contributed by atoms with Crippen LogP contribution >= 0.6 is 11.3 Å². The second kappa shape index (κ2) is 7.22. The molecule has 1 atom stereocenters. The standard InChI is InChI=1S/C19H24N4OS/c1-13-6-7-20-15(10-13)18(14-4-5-14)22-19(24)16-11-21-17(25-16)12-23-8-2-3-9-23/h6-7,10-11,14,18H,2-5,8-9,12H2,1H3,(H,22,24). The fourth-order valence-corrected chi connectivity index (χ4v) is 4.29. The molecule has 0 radical (unpaired) electrons. The molecular formula is C19H24N4OS. The van der Waals surface area contributed by atoms with E-state index < -0.39 is 0 Å². The van der Waals surface area contributed by atoms with Crippen molar-refractivity contribution in [1.29, 1.82) is 0 Å². The van der Waals surface area contributed by atoms with E-state index in [-0.39, 0.29) is 11.9 Å². The monoisotopic (exact) mass is 356 g/mol. The predicted octanol–water partition coefficient (Wildman–Crippen LogP) is 3.32. The lowest BCUT2D eigenvalue weighted by atomic mass is 10.1. The fourth-order valence-electron chi connectivity index (χ4n) is 3.43. The van der Waals surface area contributed by atoms with Crippen molar-refractivity contribution in [2.75, 3.05) is 13.1 Å². The quantitative estimate of drug-likeness (QED) is 0.862. The van der Waals surface area contributed by atoms with Gasteiger partial charge in [0.2, 0.25) is 0 Å². The van der Waals surface area contributed by atoms with Gasteiger partial charge in [-0.3, -0.25) is 14.7 Å². The third-order valence-corrected chi connectivity index (χ3v) is 5.95. The number of rotatable bonds is 6. The first-order chi connectivity index (χ1) is 12.2. The zero-order valence-corrected chi connectivity index (χ0v) is 15.4. The number of carbonyl (C=O) groups is 1. The molecule has 1 saturated carbocycles. The molecule has 132 valence electrons. The van der Waals surface area contributed by atoms with Crippen molar-refractivity contribution in [3.63, 3.8) is 0 Å². The third kappa shape index (κ3) is 4.07. The van der Waals surface area contributed by atoms with Gasteiger partial charge in [-0.15, -0.1) is 11.3 Å². The van der Waals surface area contributed by atoms with Gasteiger partial charge in [0.05, 0.1) is 24.5 Å². The molecule has 2 aromatic rings. The van der Waals surface area contributed by atoms with Crippen LogP contribution in [0.4, 0.5) is 0 Å². The Morgan fingerprint density at radius 2 is 2.16 bits per heavy atom. The number of hydrogen-bond donors (Lipinski definition) is 1. The highest BCUT2D eigenvalue weighted by atomic mass is 32.1. The SMILES string of the molecule is Cc1ccnc(C(NC(=O)c2cnc(CN3CCCC3)s2)C2CC2)c1. The van der Waals surface area contributed by atoms with Crippen LogP contribution in [0.25, 0.3) is 0 Å². The second-order valence-electron chi connectivity index (χ2n) is 7.15. The summed E-state index contributed by atoms with van der Waals surface area (Å²) in [5.41, 5.74) is 2.15. The van der Waals surface area contributed by atoms with Crippen molar-refractivity contribution >= 4 is 17.2 Å². The van der Waals surface area contributed by atoms with Crippen molar-refractivity contribution in [1.82, 2.24) is 20.2 Å². The number of thiazole rings is 1. The molecule has 1 N–H and O–H groups in total. The molecule has 3 heterocycles. The van der Waals surface area contributed by atoms with Gasteiger partial charge in [0.1, 0.15) is 9.88 Å². The van der Waals surface area contributed by atoms with E-state index >= 15 is 0 Å². The van der Waals surface area contributed by atoms with Crippen LogP contribution in [0.3, 0.4) is 0 Å². The first kappa shape index (κ1) is 16.7. The number of carbonyl (C=O) groups excluding carboxylic acids is 1. The third-order valence-electron chi connectivity index (χ3n) is 4.97. The van der Waals surface area contributed by atoms with Gasteiger partial charge in [0.25, 0.3) is 5.91 Å². The van der Waals surface area contributed by atoms with E-state index in [0.29, 0.717) is 10.8 Å². The van der Waals surface area contributed by atoms with Crippen LogP contribution in [0, 0.1) is 12.8 Å². The maximum atomic E-state index is 12.7. The largest absolute Gasteiger partial charge is 0.343 e. The molecule has 0 spiro atoms. The van der Waals surface area contributed by atoms with E-state index in [9.17, 15) is 4.79 Å². The van der Waals surface area contributed by atoms with Crippen LogP contribution in [0.15, 0.2) is 24.5 Å². The van der Waals surface area contributed by atoms with Crippen LogP contribution in [-0.2, 0) is 6.54 Å². The summed E-state index contributed by atoms with van der Waals surface area (Å²) in [5, 5.41) is 4.23. The van der Waals surface area contributed by atoms with Crippen LogP contribution in [0.1, 0.15) is 57.7 Å². The summed E-state index contributed by atoms with van der Waals surface area (Å²) in [5.74, 6) is 0.487. The van der Waals surface area contributed by atoms with Gasteiger partial charge in [-0.2, -0.15) is 0 Å². The molecule has 1 unspecified atom stereocenters. The Hall–Kier alpha value is -1.79. The van der Waals surface area contributed by atoms with E-state index in [0.717, 1.165) is 43.2 Å². The average molecular weight is 356 g/mol. The van der Waals surface area contributed by atoms with E-state index in [1.165, 1.54) is 29.7 Å². The van der Waals surface area contributed by atoms with Gasteiger partial charge in [0, 0.05) is 6.20 Å². The first-order valence-electron chi connectivity index (χ1n) is 9.09. The summed E-state index contributed by atoms with van der Waals surface area (Å²) in [6.07, 6.45) is 8.40. The number of likely N-dealkylation sites (tertiary alicyclic amines) is 1. The van der Waals surface area contributed by atoms with E-state index in [1.807, 2.05) is 12.3 Å². The first-order valence-corrected chi connectivity index (χ1v) is 9.91. The Bertz CT molecular complexity index is 749. The van der Waals surface area contributed by atoms with Crippen LogP contribution in [0.5, 0.6) is 0 Å². The summed E-state index contributed by atoms with van der Waals surface area (Å²) < 4.78 is 0. The van der Waals surface area contributed by atoms with Gasteiger partial charge in [0.15, 0.2) is 0 Å². The zero-order valence-electron chi connectivity index (χ0n) is 14.6. The van der Waals surface area contributed by atoms with E-state index in [2.05, 4.69) is 33.2 Å². The Balaban J connectivity index is 1.44. The molecule has 1 aliphatic carbocycles. The molecule has 2 aromatic heterocycles. The summed E-state index contributed by atoms with van der Waals surface area (Å²) in [6, 6.07) is 4.08. The van der Waals surface area contributed by atoms with Gasteiger partial charge < -0.3 is 5.32 Å². The second-order valence-corrected chi connectivity index (χ2v) is 8.26. The highest BCUT2D eigenvalue weighted by molar-refractivity contribution is 7.13. The molecule has 1 saturated heterocycles. The average Bonchev–Trinajstić information content (AvgIpc) is 3.11. The molecule has 1 aliphatic heterocycles. The van der Waals surface area contributed by atoms with Crippen molar-refractivity contribution in [2.45, 2.75) is 45.2 Å². The van der Waals surface area contributed by atoms with Crippen molar-refractivity contribution in [2.24, 2.45) is 5.92 Å². The Morgan fingerprint density at radius 1 is 1.36 bits per heavy atom. The van der Waals surface area contributed by atoms with Gasteiger partial charge in [-0.25, -0.2) is 4.98 Å². The van der Waals surface area contributed by atoms with Gasteiger partial charge >= 0.3 is 0 Å². The minimum atomic E-state index is -0.0228. The highest BCUT2D eigenvalue weighted by Gasteiger charge is 2.34. The molecular weight excluding hydrogens is 332 g/mol. The van der Waals surface area contributed by atoms with Crippen LogP contribution in [0.2, 0.25) is 0 Å². The van der Waals surface area contributed by atoms with Crippen molar-refractivity contribution in [3.8, 4) is 0 Å². The maximum Gasteiger partial charge on any atom is 0.263 e. The molecule has 25 heavy (non-hydrogen) atoms. The lowest BCUT2D eigenvalue weighted by Crippen LogP contribution is -2.30. The lowest BCUT2D eigenvalue weighted by Gasteiger charge is -2.17. The normalized spacial score (nSPS) is 19.1. The van der Waals surface area contributed by atoms with Crippen LogP contribution in [-0.4, -0.2) is 33.9 Å². The number of aryl methyl sites for hydroxylation is 1. The van der Waals surface area contributed by atoms with Crippen molar-refractivity contribution in [3.05, 3.63) is 45.7 Å². The molecule has 0 aromatic carbocycles. The van der Waals surface area contributed by atoms with Crippen LogP contribution < -0.4 is 5.32 Å². The molecule has 6 heteroatoms. The molecule has 1 amide bonds. The Labute approximate surface area is 152 Å². The number of amides is 1. The summed E-state index contributed by atoms with van der Waals surface area (Å²) in [6.45, 7) is 5.21. The number of hydrogen-bond acceptors (Lipinski definition) is 5. The zero-order chi connectivity index (χ0) is 17.2. The summed E-state index contributed by atoms with van der Waals surface area (Å²) in [4.78, 5) is 24.8. The lowest BCUT2D eigenvalue weighted by molar-refractivity contribution is 0.0934. The summed E-state index contributed by atoms with van der Waals surface area (Å²) in [7, 11) is 0. The minimum Gasteiger partial charge on any atom is -0.343 e. The predicted molar refractivity (Wildman–Crippen MR) is 98.5 cm³/mol. The Kier molecular flexibility index (Phi) is 4.81. The molecule has 5 nitrogen and oxygen atoms in total.